The van der Waals surface area contributed by atoms with Gasteiger partial charge in [0.25, 0.3) is 5.69 Å². The number of carbonyl (C=O) groups excluding carboxylic acids is 1. The Kier molecular flexibility index (Phi) is 4.90. The molecular formula is C15H20N2O4. The average molecular weight is 292 g/mol. The number of rotatable bonds is 5. The standard InChI is InChI=1S/C15H20N2O4/c1-11(18)14-6-5-13(8-15(14)17(19)20)16(2)9-12-4-3-7-21-10-12/h5-6,8,12H,3-4,7,9-10H2,1-2H3. The molecule has 1 aromatic rings. The van der Waals surface area contributed by atoms with E-state index in [9.17, 15) is 14.9 Å². The molecule has 0 aromatic heterocycles. The number of anilines is 1. The number of benzene rings is 1. The summed E-state index contributed by atoms with van der Waals surface area (Å²) in [4.78, 5) is 24.0. The van der Waals surface area contributed by atoms with Crippen molar-refractivity contribution in [2.24, 2.45) is 5.92 Å². The normalized spacial score (nSPS) is 18.3. The summed E-state index contributed by atoms with van der Waals surface area (Å²) in [5.74, 6) is 0.145. The van der Waals surface area contributed by atoms with Crippen molar-refractivity contribution in [3.63, 3.8) is 0 Å². The molecule has 0 aliphatic carbocycles. The van der Waals surface area contributed by atoms with Crippen molar-refractivity contribution in [3.05, 3.63) is 33.9 Å². The van der Waals surface area contributed by atoms with E-state index < -0.39 is 4.92 Å². The molecule has 0 radical (unpaired) electrons. The first-order valence-electron chi connectivity index (χ1n) is 7.07. The minimum Gasteiger partial charge on any atom is -0.381 e. The second kappa shape index (κ2) is 6.67. The molecule has 1 aliphatic rings. The summed E-state index contributed by atoms with van der Waals surface area (Å²) in [7, 11) is 1.90. The second-order valence-corrected chi connectivity index (χ2v) is 5.48. The predicted molar refractivity (Wildman–Crippen MR) is 79.9 cm³/mol. The third-order valence-electron chi connectivity index (χ3n) is 3.78. The lowest BCUT2D eigenvalue weighted by Gasteiger charge is -2.28. The Hall–Kier alpha value is -1.95. The van der Waals surface area contributed by atoms with Gasteiger partial charge in [0.15, 0.2) is 5.78 Å². The van der Waals surface area contributed by atoms with E-state index in [1.807, 2.05) is 11.9 Å². The van der Waals surface area contributed by atoms with Gasteiger partial charge in [0.05, 0.1) is 17.1 Å². The lowest BCUT2D eigenvalue weighted by molar-refractivity contribution is -0.385. The molecule has 0 saturated carbocycles. The molecule has 1 unspecified atom stereocenters. The molecule has 0 spiro atoms. The van der Waals surface area contributed by atoms with Gasteiger partial charge in [0.2, 0.25) is 0 Å². The minimum absolute atomic E-state index is 0.133. The van der Waals surface area contributed by atoms with Crippen LogP contribution >= 0.6 is 0 Å². The van der Waals surface area contributed by atoms with Gasteiger partial charge in [0, 0.05) is 32.0 Å². The molecule has 114 valence electrons. The molecule has 0 amide bonds. The SMILES string of the molecule is CC(=O)c1ccc(N(C)CC2CCCOC2)cc1[N+](=O)[O-]. The lowest BCUT2D eigenvalue weighted by Crippen LogP contribution is -2.30. The van der Waals surface area contributed by atoms with E-state index in [0.717, 1.165) is 38.3 Å². The van der Waals surface area contributed by atoms with Gasteiger partial charge in [-0.3, -0.25) is 14.9 Å². The van der Waals surface area contributed by atoms with Crippen LogP contribution in [-0.4, -0.2) is 37.5 Å². The zero-order valence-electron chi connectivity index (χ0n) is 12.4. The van der Waals surface area contributed by atoms with Crippen molar-refractivity contribution in [2.45, 2.75) is 19.8 Å². The van der Waals surface area contributed by atoms with Crippen LogP contribution in [0, 0.1) is 16.0 Å². The minimum atomic E-state index is -0.502. The molecule has 1 aliphatic heterocycles. The van der Waals surface area contributed by atoms with Crippen molar-refractivity contribution < 1.29 is 14.5 Å². The third kappa shape index (κ3) is 3.78. The maximum atomic E-state index is 11.4. The van der Waals surface area contributed by atoms with Crippen LogP contribution in [0.2, 0.25) is 0 Å². The van der Waals surface area contributed by atoms with E-state index in [1.165, 1.54) is 19.1 Å². The molecule has 0 bridgehead atoms. The van der Waals surface area contributed by atoms with Gasteiger partial charge in [-0.2, -0.15) is 0 Å². The van der Waals surface area contributed by atoms with Gasteiger partial charge in [-0.05, 0) is 37.8 Å². The topological polar surface area (TPSA) is 72.7 Å². The molecule has 1 atom stereocenters. The molecule has 2 rings (SSSR count). The second-order valence-electron chi connectivity index (χ2n) is 5.48. The highest BCUT2D eigenvalue weighted by Crippen LogP contribution is 2.27. The van der Waals surface area contributed by atoms with Crippen LogP contribution in [0.5, 0.6) is 0 Å². The first kappa shape index (κ1) is 15.4. The average Bonchev–Trinajstić information content (AvgIpc) is 2.47. The number of carbonyl (C=O) groups is 1. The summed E-state index contributed by atoms with van der Waals surface area (Å²) >= 11 is 0. The van der Waals surface area contributed by atoms with Crippen LogP contribution in [0.1, 0.15) is 30.1 Å². The Labute approximate surface area is 123 Å². The van der Waals surface area contributed by atoms with Gasteiger partial charge < -0.3 is 9.64 Å². The summed E-state index contributed by atoms with van der Waals surface area (Å²) in [6, 6.07) is 4.76. The molecule has 6 nitrogen and oxygen atoms in total. The zero-order chi connectivity index (χ0) is 15.4. The monoisotopic (exact) mass is 292 g/mol. The molecule has 6 heteroatoms. The first-order chi connectivity index (χ1) is 9.99. The Morgan fingerprint density at radius 3 is 2.86 bits per heavy atom. The molecule has 1 heterocycles. The van der Waals surface area contributed by atoms with Crippen LogP contribution in [0.25, 0.3) is 0 Å². The summed E-state index contributed by atoms with van der Waals surface area (Å²) in [5, 5.41) is 11.1. The first-order valence-corrected chi connectivity index (χ1v) is 7.07. The van der Waals surface area contributed by atoms with Crippen molar-refractivity contribution in [1.29, 1.82) is 0 Å². The fourth-order valence-electron chi connectivity index (χ4n) is 2.65. The molecule has 1 fully saturated rings. The highest BCUT2D eigenvalue weighted by molar-refractivity contribution is 5.98. The van der Waals surface area contributed by atoms with E-state index in [-0.39, 0.29) is 17.0 Å². The van der Waals surface area contributed by atoms with E-state index in [1.54, 1.807) is 6.07 Å². The van der Waals surface area contributed by atoms with Gasteiger partial charge >= 0.3 is 0 Å². The largest absolute Gasteiger partial charge is 0.381 e. The maximum absolute atomic E-state index is 11.4. The number of Topliss-reactive ketones (excluding diaryl/α,β-unsaturated/α-hetero) is 1. The van der Waals surface area contributed by atoms with E-state index >= 15 is 0 Å². The summed E-state index contributed by atoms with van der Waals surface area (Å²) < 4.78 is 5.45. The van der Waals surface area contributed by atoms with Crippen LogP contribution in [-0.2, 0) is 4.74 Å². The fraction of sp³-hybridized carbons (Fsp3) is 0.533. The fourth-order valence-corrected chi connectivity index (χ4v) is 2.65. The van der Waals surface area contributed by atoms with E-state index in [4.69, 9.17) is 4.74 Å². The van der Waals surface area contributed by atoms with Crippen LogP contribution in [0.3, 0.4) is 0 Å². The Morgan fingerprint density at radius 1 is 1.52 bits per heavy atom. The van der Waals surface area contributed by atoms with Crippen LogP contribution < -0.4 is 4.90 Å². The molecular weight excluding hydrogens is 272 g/mol. The quantitative estimate of drug-likeness (QED) is 0.474. The maximum Gasteiger partial charge on any atom is 0.282 e. The van der Waals surface area contributed by atoms with E-state index in [0.29, 0.717) is 5.92 Å². The Balaban J connectivity index is 2.17. The zero-order valence-corrected chi connectivity index (χ0v) is 12.4. The van der Waals surface area contributed by atoms with Gasteiger partial charge in [-0.15, -0.1) is 0 Å². The number of nitro groups is 1. The van der Waals surface area contributed by atoms with Crippen molar-refractivity contribution in [2.75, 3.05) is 31.7 Å². The van der Waals surface area contributed by atoms with Gasteiger partial charge in [0.1, 0.15) is 0 Å². The summed E-state index contributed by atoms with van der Waals surface area (Å²) in [5.41, 5.74) is 0.766. The smallest absolute Gasteiger partial charge is 0.282 e. The van der Waals surface area contributed by atoms with Crippen molar-refractivity contribution in [3.8, 4) is 0 Å². The highest BCUT2D eigenvalue weighted by Gasteiger charge is 2.21. The Bertz CT molecular complexity index is 538. The number of nitro benzene ring substituents is 1. The highest BCUT2D eigenvalue weighted by atomic mass is 16.6. The summed E-state index contributed by atoms with van der Waals surface area (Å²) in [6.07, 6.45) is 2.17. The summed E-state index contributed by atoms with van der Waals surface area (Å²) in [6.45, 7) is 3.68. The molecule has 0 N–H and O–H groups in total. The number of ether oxygens (including phenoxy) is 1. The van der Waals surface area contributed by atoms with Crippen LogP contribution in [0.15, 0.2) is 18.2 Å². The van der Waals surface area contributed by atoms with Gasteiger partial charge in [-0.1, -0.05) is 0 Å². The van der Waals surface area contributed by atoms with Crippen molar-refractivity contribution >= 4 is 17.2 Å². The van der Waals surface area contributed by atoms with Crippen molar-refractivity contribution in [1.82, 2.24) is 0 Å². The Morgan fingerprint density at radius 2 is 2.29 bits per heavy atom. The molecule has 1 saturated heterocycles. The molecule has 21 heavy (non-hydrogen) atoms. The number of hydrogen-bond acceptors (Lipinski definition) is 5. The third-order valence-corrected chi connectivity index (χ3v) is 3.78. The van der Waals surface area contributed by atoms with Gasteiger partial charge in [-0.25, -0.2) is 0 Å². The van der Waals surface area contributed by atoms with E-state index in [2.05, 4.69) is 0 Å². The number of hydrogen-bond donors (Lipinski definition) is 0. The number of nitrogens with zero attached hydrogens (tertiary/aromatic N) is 2. The number of ketones is 1. The predicted octanol–water partition coefficient (Wildman–Crippen LogP) is 2.66. The molecule has 1 aromatic carbocycles. The lowest BCUT2D eigenvalue weighted by atomic mass is 10.0. The van der Waals surface area contributed by atoms with Crippen LogP contribution in [0.4, 0.5) is 11.4 Å².